The molecule has 0 fully saturated rings. The van der Waals surface area contributed by atoms with Crippen LogP contribution < -0.4 is 26.6 Å². The molecule has 0 aromatic carbocycles. The third-order valence-electron chi connectivity index (χ3n) is 4.84. The fraction of sp³-hybridized carbons (Fsp3) is 0.421. The van der Waals surface area contributed by atoms with Crippen LogP contribution in [0.5, 0.6) is 5.88 Å². The Balaban J connectivity index is 1.88. The largest absolute Gasteiger partial charge is 0.481 e. The molecule has 0 bridgehead atoms. The molecule has 10 heteroatoms. The molecule has 1 aliphatic rings. The SMILES string of the molecule is CCCCn1c2c(c(=O)n(C)c1=O)C(CC(=O)Nc1ccc(OC)nc1)C(=O)N2. The summed E-state index contributed by atoms with van der Waals surface area (Å²) in [6, 6.07) is 3.21. The van der Waals surface area contributed by atoms with Crippen molar-refractivity contribution in [3.8, 4) is 5.88 Å². The van der Waals surface area contributed by atoms with Gasteiger partial charge >= 0.3 is 5.69 Å². The number of fused-ring (bicyclic) bond motifs is 1. The number of carbonyl (C=O) groups excluding carboxylic acids is 2. The van der Waals surface area contributed by atoms with Crippen LogP contribution in [0.4, 0.5) is 11.5 Å². The van der Waals surface area contributed by atoms with Crippen molar-refractivity contribution in [2.75, 3.05) is 17.7 Å². The predicted octanol–water partition coefficient (Wildman–Crippen LogP) is 0.815. The van der Waals surface area contributed by atoms with Crippen LogP contribution >= 0.6 is 0 Å². The average Bonchev–Trinajstić information content (AvgIpc) is 3.02. The van der Waals surface area contributed by atoms with Gasteiger partial charge in [0.1, 0.15) is 5.82 Å². The Bertz CT molecular complexity index is 1050. The second-order valence-electron chi connectivity index (χ2n) is 6.80. The van der Waals surface area contributed by atoms with Gasteiger partial charge < -0.3 is 15.4 Å². The quantitative estimate of drug-likeness (QED) is 0.708. The maximum Gasteiger partial charge on any atom is 0.332 e. The molecule has 10 nitrogen and oxygen atoms in total. The van der Waals surface area contributed by atoms with Gasteiger partial charge in [0.15, 0.2) is 0 Å². The third kappa shape index (κ3) is 3.91. The Kier molecular flexibility index (Phi) is 5.81. The minimum absolute atomic E-state index is 0.149. The van der Waals surface area contributed by atoms with Gasteiger partial charge in [-0.2, -0.15) is 0 Å². The Hall–Kier alpha value is -3.43. The molecular formula is C19H23N5O5. The van der Waals surface area contributed by atoms with E-state index >= 15 is 0 Å². The highest BCUT2D eigenvalue weighted by molar-refractivity contribution is 6.05. The van der Waals surface area contributed by atoms with Gasteiger partial charge in [-0.3, -0.25) is 23.5 Å². The molecule has 29 heavy (non-hydrogen) atoms. The molecule has 1 aliphatic heterocycles. The van der Waals surface area contributed by atoms with E-state index in [1.165, 1.54) is 24.9 Å². The molecule has 154 valence electrons. The van der Waals surface area contributed by atoms with Crippen LogP contribution in [0.1, 0.15) is 37.7 Å². The van der Waals surface area contributed by atoms with Crippen LogP contribution in [0.25, 0.3) is 0 Å². The van der Waals surface area contributed by atoms with Gasteiger partial charge in [-0.05, 0) is 12.5 Å². The van der Waals surface area contributed by atoms with Crippen LogP contribution in [-0.2, 0) is 23.2 Å². The molecule has 2 aromatic heterocycles. The van der Waals surface area contributed by atoms with Crippen molar-refractivity contribution in [1.82, 2.24) is 14.1 Å². The first-order valence-electron chi connectivity index (χ1n) is 9.31. The molecule has 2 N–H and O–H groups in total. The zero-order valence-electron chi connectivity index (χ0n) is 16.5. The number of aromatic nitrogens is 3. The number of rotatable bonds is 7. The van der Waals surface area contributed by atoms with Gasteiger partial charge in [0.2, 0.25) is 17.7 Å². The average molecular weight is 401 g/mol. The Morgan fingerprint density at radius 1 is 1.31 bits per heavy atom. The zero-order valence-corrected chi connectivity index (χ0v) is 16.5. The van der Waals surface area contributed by atoms with Crippen LogP contribution in [0, 0.1) is 0 Å². The summed E-state index contributed by atoms with van der Waals surface area (Å²) in [6.07, 6.45) is 2.77. The Morgan fingerprint density at radius 3 is 2.69 bits per heavy atom. The summed E-state index contributed by atoms with van der Waals surface area (Å²) >= 11 is 0. The number of hydrogen-bond donors (Lipinski definition) is 2. The van der Waals surface area contributed by atoms with E-state index in [9.17, 15) is 19.2 Å². The summed E-state index contributed by atoms with van der Waals surface area (Å²) in [7, 11) is 2.85. The first kappa shape index (κ1) is 20.3. The molecular weight excluding hydrogens is 378 g/mol. The molecule has 3 rings (SSSR count). The smallest absolute Gasteiger partial charge is 0.332 e. The molecule has 0 radical (unpaired) electrons. The van der Waals surface area contributed by atoms with E-state index in [0.29, 0.717) is 18.1 Å². The number of amides is 2. The molecule has 1 unspecified atom stereocenters. The summed E-state index contributed by atoms with van der Waals surface area (Å²) in [5, 5.41) is 5.27. The van der Waals surface area contributed by atoms with Crippen molar-refractivity contribution in [3.63, 3.8) is 0 Å². The summed E-state index contributed by atoms with van der Waals surface area (Å²) in [6.45, 7) is 2.36. The highest BCUT2D eigenvalue weighted by atomic mass is 16.5. The lowest BCUT2D eigenvalue weighted by molar-refractivity contribution is -0.122. The Morgan fingerprint density at radius 2 is 2.07 bits per heavy atom. The number of nitrogens with zero attached hydrogens (tertiary/aromatic N) is 3. The maximum absolute atomic E-state index is 12.7. The molecule has 2 amide bonds. The summed E-state index contributed by atoms with van der Waals surface area (Å²) in [5.41, 5.74) is -0.469. The van der Waals surface area contributed by atoms with Gasteiger partial charge in [0.05, 0.1) is 30.5 Å². The molecule has 3 heterocycles. The van der Waals surface area contributed by atoms with Crippen LogP contribution in [-0.4, -0.2) is 33.0 Å². The van der Waals surface area contributed by atoms with E-state index in [2.05, 4.69) is 15.6 Å². The topological polar surface area (TPSA) is 124 Å². The number of hydrogen-bond acceptors (Lipinski definition) is 6. The first-order valence-corrected chi connectivity index (χ1v) is 9.31. The zero-order chi connectivity index (χ0) is 21.1. The number of pyridine rings is 1. The summed E-state index contributed by atoms with van der Waals surface area (Å²) in [4.78, 5) is 54.1. The van der Waals surface area contributed by atoms with E-state index in [4.69, 9.17) is 4.74 Å². The van der Waals surface area contributed by atoms with Gasteiger partial charge in [-0.25, -0.2) is 9.78 Å². The van der Waals surface area contributed by atoms with Gasteiger partial charge in [0, 0.05) is 26.1 Å². The van der Waals surface area contributed by atoms with E-state index in [1.807, 2.05) is 6.92 Å². The van der Waals surface area contributed by atoms with Crippen molar-refractivity contribution < 1.29 is 14.3 Å². The van der Waals surface area contributed by atoms with Crippen molar-refractivity contribution in [1.29, 1.82) is 0 Å². The fourth-order valence-electron chi connectivity index (χ4n) is 3.27. The van der Waals surface area contributed by atoms with Crippen molar-refractivity contribution in [3.05, 3.63) is 44.7 Å². The lowest BCUT2D eigenvalue weighted by Crippen LogP contribution is -2.40. The van der Waals surface area contributed by atoms with E-state index in [1.54, 1.807) is 12.1 Å². The standard InChI is InChI=1S/C19H23N5O5/c1-4-5-8-24-16-15(18(27)23(2)19(24)28)12(17(26)22-16)9-13(25)21-11-6-7-14(29-3)20-10-11/h6-7,10,12H,4-5,8-9H2,1-3H3,(H,21,25)(H,22,26). The number of ether oxygens (including phenoxy) is 1. The summed E-state index contributed by atoms with van der Waals surface area (Å²) < 4.78 is 7.34. The van der Waals surface area contributed by atoms with Crippen molar-refractivity contribution in [2.45, 2.75) is 38.6 Å². The minimum Gasteiger partial charge on any atom is -0.481 e. The monoisotopic (exact) mass is 401 g/mol. The Labute approximate surface area is 166 Å². The summed E-state index contributed by atoms with van der Waals surface area (Å²) in [5.74, 6) is -1.29. The van der Waals surface area contributed by atoms with Crippen molar-refractivity contribution in [2.24, 2.45) is 7.05 Å². The van der Waals surface area contributed by atoms with E-state index in [0.717, 1.165) is 17.4 Å². The maximum atomic E-state index is 12.7. The van der Waals surface area contributed by atoms with Gasteiger partial charge in [-0.15, -0.1) is 0 Å². The van der Waals surface area contributed by atoms with E-state index < -0.39 is 29.0 Å². The molecule has 1 atom stereocenters. The molecule has 0 spiro atoms. The molecule has 2 aromatic rings. The van der Waals surface area contributed by atoms with Crippen molar-refractivity contribution >= 4 is 23.3 Å². The third-order valence-corrected chi connectivity index (χ3v) is 4.84. The number of nitrogens with one attached hydrogen (secondary N) is 2. The second kappa shape index (κ2) is 8.29. The molecule has 0 saturated heterocycles. The lowest BCUT2D eigenvalue weighted by Gasteiger charge is -2.13. The highest BCUT2D eigenvalue weighted by Gasteiger charge is 2.38. The fourth-order valence-corrected chi connectivity index (χ4v) is 3.27. The number of carbonyl (C=O) groups is 2. The van der Waals surface area contributed by atoms with Crippen LogP contribution in [0.15, 0.2) is 27.9 Å². The normalized spacial score (nSPS) is 15.0. The molecule has 0 saturated carbocycles. The lowest BCUT2D eigenvalue weighted by atomic mass is 9.99. The minimum atomic E-state index is -0.969. The number of methoxy groups -OCH3 is 1. The van der Waals surface area contributed by atoms with Crippen LogP contribution in [0.3, 0.4) is 0 Å². The first-order chi connectivity index (χ1) is 13.9. The van der Waals surface area contributed by atoms with E-state index in [-0.39, 0.29) is 17.8 Å². The second-order valence-corrected chi connectivity index (χ2v) is 6.80. The number of anilines is 2. The molecule has 0 aliphatic carbocycles. The van der Waals surface area contributed by atoms with Gasteiger partial charge in [-0.1, -0.05) is 13.3 Å². The van der Waals surface area contributed by atoms with Crippen LogP contribution in [0.2, 0.25) is 0 Å². The predicted molar refractivity (Wildman–Crippen MR) is 106 cm³/mol. The highest BCUT2D eigenvalue weighted by Crippen LogP contribution is 2.31. The number of unbranched alkanes of at least 4 members (excludes halogenated alkanes) is 1. The van der Waals surface area contributed by atoms with Gasteiger partial charge in [0.25, 0.3) is 5.56 Å².